The molecule has 1 aromatic rings. The van der Waals surface area contributed by atoms with E-state index in [1.165, 1.54) is 18.0 Å². The van der Waals surface area contributed by atoms with E-state index < -0.39 is 0 Å². The van der Waals surface area contributed by atoms with Gasteiger partial charge in [-0.3, -0.25) is 0 Å². The van der Waals surface area contributed by atoms with E-state index in [1.54, 1.807) is 18.9 Å². The largest absolute Gasteiger partial charge is 0.385 e. The number of aromatic nitrogens is 1. The number of unbranched alkanes of at least 4 members (excludes halogenated alkanes) is 2. The molecule has 0 aliphatic heterocycles. The van der Waals surface area contributed by atoms with E-state index in [0.29, 0.717) is 5.82 Å². The van der Waals surface area contributed by atoms with Gasteiger partial charge in [-0.2, -0.15) is 4.37 Å². The van der Waals surface area contributed by atoms with Gasteiger partial charge in [-0.05, 0) is 37.1 Å². The fourth-order valence-electron chi connectivity index (χ4n) is 1.35. The third kappa shape index (κ3) is 4.19. The van der Waals surface area contributed by atoms with Crippen molar-refractivity contribution < 1.29 is 4.74 Å². The van der Waals surface area contributed by atoms with E-state index in [-0.39, 0.29) is 0 Å². The molecule has 0 spiro atoms. The van der Waals surface area contributed by atoms with Crippen molar-refractivity contribution in [3.8, 4) is 0 Å². The second kappa shape index (κ2) is 7.76. The minimum Gasteiger partial charge on any atom is -0.385 e. The third-order valence-electron chi connectivity index (χ3n) is 2.19. The Bertz CT molecular complexity index is 304. The van der Waals surface area contributed by atoms with Crippen molar-refractivity contribution >= 4 is 34.1 Å². The van der Waals surface area contributed by atoms with Crippen LogP contribution in [-0.2, 0) is 4.74 Å². The fraction of sp³-hybridized carbons (Fsp3) is 0.700. The molecule has 0 atom stereocenters. The smallest absolute Gasteiger partial charge is 0.153 e. The van der Waals surface area contributed by atoms with E-state index >= 15 is 0 Å². The summed E-state index contributed by atoms with van der Waals surface area (Å²) in [5, 5.41) is 4.47. The number of nitrogens with one attached hydrogen (secondary N) is 1. The second-order valence-corrected chi connectivity index (χ2v) is 5.00. The Balaban J connectivity index is 2.21. The van der Waals surface area contributed by atoms with Gasteiger partial charge in [-0.25, -0.2) is 0 Å². The quantitative estimate of drug-likeness (QED) is 0.556. The highest BCUT2D eigenvalue weighted by atomic mass is 32.2. The Kier molecular flexibility index (Phi) is 6.59. The molecule has 1 rings (SSSR count). The van der Waals surface area contributed by atoms with Crippen molar-refractivity contribution in [2.45, 2.75) is 24.2 Å². The zero-order valence-electron chi connectivity index (χ0n) is 9.78. The summed E-state index contributed by atoms with van der Waals surface area (Å²) in [6.07, 6.45) is 5.47. The highest BCUT2D eigenvalue weighted by Crippen LogP contribution is 2.34. The molecule has 1 aromatic heterocycles. The van der Waals surface area contributed by atoms with Gasteiger partial charge in [0.05, 0.1) is 4.90 Å². The number of rotatable bonds is 8. The summed E-state index contributed by atoms with van der Waals surface area (Å²) in [7, 11) is 1.74. The monoisotopic (exact) mass is 261 g/mol. The van der Waals surface area contributed by atoms with Crippen LogP contribution in [0.3, 0.4) is 0 Å². The van der Waals surface area contributed by atoms with Gasteiger partial charge in [0.15, 0.2) is 5.82 Å². The van der Waals surface area contributed by atoms with Gasteiger partial charge in [-0.1, -0.05) is 0 Å². The number of hydrogen-bond donors (Lipinski definition) is 2. The predicted octanol–water partition coefficient (Wildman–Crippen LogP) is 2.68. The molecular formula is C10H19N3OS2. The first kappa shape index (κ1) is 13.6. The number of hydrogen-bond acceptors (Lipinski definition) is 6. The number of thioether (sulfide) groups is 1. The maximum Gasteiger partial charge on any atom is 0.153 e. The molecule has 0 saturated carbocycles. The molecule has 0 aliphatic rings. The molecule has 4 nitrogen and oxygen atoms in total. The topological polar surface area (TPSA) is 60.2 Å². The van der Waals surface area contributed by atoms with Gasteiger partial charge in [0.25, 0.3) is 0 Å². The summed E-state index contributed by atoms with van der Waals surface area (Å²) < 4.78 is 9.13. The van der Waals surface area contributed by atoms with Crippen LogP contribution >= 0.6 is 23.3 Å². The fourth-order valence-corrected chi connectivity index (χ4v) is 2.92. The SMILES string of the molecule is COCCCCCNc1snc(N)c1SC. The molecule has 0 radical (unpaired) electrons. The number of nitrogens with zero attached hydrogens (tertiary/aromatic N) is 1. The molecule has 1 heterocycles. The van der Waals surface area contributed by atoms with E-state index in [9.17, 15) is 0 Å². The zero-order valence-corrected chi connectivity index (χ0v) is 11.4. The molecule has 6 heteroatoms. The molecular weight excluding hydrogens is 242 g/mol. The van der Waals surface area contributed by atoms with Crippen LogP contribution in [0.1, 0.15) is 19.3 Å². The summed E-state index contributed by atoms with van der Waals surface area (Å²) in [6.45, 7) is 1.82. The maximum atomic E-state index is 5.74. The molecule has 0 bridgehead atoms. The highest BCUT2D eigenvalue weighted by Gasteiger charge is 2.08. The first-order valence-electron chi connectivity index (χ1n) is 5.31. The van der Waals surface area contributed by atoms with Crippen molar-refractivity contribution in [2.24, 2.45) is 0 Å². The van der Waals surface area contributed by atoms with E-state index in [2.05, 4.69) is 9.69 Å². The molecule has 0 aliphatic carbocycles. The number of ether oxygens (including phenoxy) is 1. The van der Waals surface area contributed by atoms with Crippen LogP contribution in [-0.4, -0.2) is 30.9 Å². The van der Waals surface area contributed by atoms with Crippen LogP contribution in [0.2, 0.25) is 0 Å². The van der Waals surface area contributed by atoms with Gasteiger partial charge < -0.3 is 15.8 Å². The van der Waals surface area contributed by atoms with Crippen molar-refractivity contribution in [1.82, 2.24) is 4.37 Å². The number of methoxy groups -OCH3 is 1. The van der Waals surface area contributed by atoms with Crippen molar-refractivity contribution in [1.29, 1.82) is 0 Å². The Morgan fingerprint density at radius 2 is 2.25 bits per heavy atom. The zero-order chi connectivity index (χ0) is 11.8. The number of anilines is 2. The van der Waals surface area contributed by atoms with Gasteiger partial charge in [0.2, 0.25) is 0 Å². The molecule has 0 unspecified atom stereocenters. The minimum absolute atomic E-state index is 0.638. The Morgan fingerprint density at radius 3 is 2.94 bits per heavy atom. The lowest BCUT2D eigenvalue weighted by molar-refractivity contribution is 0.192. The normalized spacial score (nSPS) is 10.6. The van der Waals surface area contributed by atoms with Crippen LogP contribution in [0.15, 0.2) is 4.90 Å². The summed E-state index contributed by atoms with van der Waals surface area (Å²) in [6, 6.07) is 0. The lowest BCUT2D eigenvalue weighted by atomic mass is 10.2. The van der Waals surface area contributed by atoms with Gasteiger partial charge in [0.1, 0.15) is 5.00 Å². The van der Waals surface area contributed by atoms with E-state index in [1.807, 2.05) is 6.26 Å². The van der Waals surface area contributed by atoms with Crippen LogP contribution in [0, 0.1) is 0 Å². The Hall–Kier alpha value is -0.460. The summed E-state index contributed by atoms with van der Waals surface area (Å²) in [5.74, 6) is 0.638. The maximum absolute atomic E-state index is 5.74. The average molecular weight is 261 g/mol. The van der Waals surface area contributed by atoms with E-state index in [0.717, 1.165) is 35.9 Å². The van der Waals surface area contributed by atoms with Crippen molar-refractivity contribution in [2.75, 3.05) is 37.6 Å². The van der Waals surface area contributed by atoms with Gasteiger partial charge in [-0.15, -0.1) is 11.8 Å². The minimum atomic E-state index is 0.638. The molecule has 0 aromatic carbocycles. The second-order valence-electron chi connectivity index (χ2n) is 3.41. The standard InChI is InChI=1S/C10H19N3OS2/c1-14-7-5-3-4-6-12-10-8(15-2)9(11)13-16-10/h12H,3-7H2,1-2H3,(H2,11,13). The average Bonchev–Trinajstić information content (AvgIpc) is 2.64. The third-order valence-corrected chi connectivity index (χ3v) is 3.96. The van der Waals surface area contributed by atoms with Crippen LogP contribution in [0.5, 0.6) is 0 Å². The summed E-state index contributed by atoms with van der Waals surface area (Å²) >= 11 is 3.08. The van der Waals surface area contributed by atoms with Crippen molar-refractivity contribution in [3.63, 3.8) is 0 Å². The summed E-state index contributed by atoms with van der Waals surface area (Å²) in [5.41, 5.74) is 5.74. The first-order chi connectivity index (χ1) is 7.79. The Morgan fingerprint density at radius 1 is 1.44 bits per heavy atom. The lowest BCUT2D eigenvalue weighted by Gasteiger charge is -2.05. The van der Waals surface area contributed by atoms with Crippen LogP contribution in [0.25, 0.3) is 0 Å². The molecule has 3 N–H and O–H groups in total. The van der Waals surface area contributed by atoms with Gasteiger partial charge in [0, 0.05) is 20.3 Å². The molecule has 0 saturated heterocycles. The van der Waals surface area contributed by atoms with Crippen LogP contribution in [0.4, 0.5) is 10.8 Å². The number of nitrogen functional groups attached to an aromatic ring is 1. The molecule has 0 fully saturated rings. The number of nitrogens with two attached hydrogens (primary N) is 1. The highest BCUT2D eigenvalue weighted by molar-refractivity contribution is 7.99. The molecule has 16 heavy (non-hydrogen) atoms. The van der Waals surface area contributed by atoms with E-state index in [4.69, 9.17) is 10.5 Å². The van der Waals surface area contributed by atoms with Gasteiger partial charge >= 0.3 is 0 Å². The first-order valence-corrected chi connectivity index (χ1v) is 7.31. The Labute approximate surface area is 105 Å². The summed E-state index contributed by atoms with van der Waals surface area (Å²) in [4.78, 5) is 1.07. The predicted molar refractivity (Wildman–Crippen MR) is 72.5 cm³/mol. The van der Waals surface area contributed by atoms with Crippen molar-refractivity contribution in [3.05, 3.63) is 0 Å². The molecule has 0 amide bonds. The molecule has 92 valence electrons. The lowest BCUT2D eigenvalue weighted by Crippen LogP contribution is -2.01. The van der Waals surface area contributed by atoms with Crippen LogP contribution < -0.4 is 11.1 Å².